The molecule has 5 rings (SSSR count). The summed E-state index contributed by atoms with van der Waals surface area (Å²) in [5, 5.41) is 13.8. The van der Waals surface area contributed by atoms with E-state index in [1.165, 1.54) is 0 Å². The number of benzene rings is 3. The first-order valence-electron chi connectivity index (χ1n) is 10.4. The fraction of sp³-hybridized carbons (Fsp3) is 0.115. The van der Waals surface area contributed by atoms with E-state index in [1.807, 2.05) is 79.2 Å². The van der Waals surface area contributed by atoms with Crippen LogP contribution in [-0.2, 0) is 12.6 Å². The van der Waals surface area contributed by atoms with E-state index in [9.17, 15) is 5.11 Å². The van der Waals surface area contributed by atoms with E-state index in [1.54, 1.807) is 18.6 Å². The molecule has 1 atom stereocenters. The first kappa shape index (κ1) is 21.6. The number of aliphatic hydroxyl groups is 1. The molecule has 0 fully saturated rings. The van der Waals surface area contributed by atoms with Crippen LogP contribution in [-0.4, -0.2) is 24.6 Å². The Kier molecular flexibility index (Phi) is 5.41. The molecule has 0 bridgehead atoms. The molecule has 2 aromatic heterocycles. The highest BCUT2D eigenvalue weighted by Crippen LogP contribution is 2.39. The summed E-state index contributed by atoms with van der Waals surface area (Å²) in [6.07, 6.45) is 3.36. The Morgan fingerprint density at radius 1 is 0.909 bits per heavy atom. The van der Waals surface area contributed by atoms with E-state index >= 15 is 0 Å². The second-order valence-electron chi connectivity index (χ2n) is 8.05. The van der Waals surface area contributed by atoms with Crippen molar-refractivity contribution in [1.29, 1.82) is 0 Å². The monoisotopic (exact) mass is 474 g/mol. The van der Waals surface area contributed by atoms with Gasteiger partial charge < -0.3 is 9.67 Å². The first-order valence-corrected chi connectivity index (χ1v) is 11.1. The van der Waals surface area contributed by atoms with Crippen LogP contribution in [0.1, 0.15) is 22.4 Å². The van der Waals surface area contributed by atoms with Gasteiger partial charge in [0.15, 0.2) is 5.60 Å². The molecule has 1 unspecified atom stereocenters. The van der Waals surface area contributed by atoms with Gasteiger partial charge in [0.1, 0.15) is 0 Å². The third kappa shape index (κ3) is 3.78. The Morgan fingerprint density at radius 3 is 2.36 bits per heavy atom. The summed E-state index contributed by atoms with van der Waals surface area (Å²) < 4.78 is 1.82. The number of fused-ring (bicyclic) bond motifs is 1. The molecule has 2 heterocycles. The molecule has 5 nitrogen and oxygen atoms in total. The van der Waals surface area contributed by atoms with E-state index in [2.05, 4.69) is 15.0 Å². The van der Waals surface area contributed by atoms with Crippen LogP contribution in [0.3, 0.4) is 0 Å². The van der Waals surface area contributed by atoms with Crippen molar-refractivity contribution in [1.82, 2.24) is 19.5 Å². The summed E-state index contributed by atoms with van der Waals surface area (Å²) in [6, 6.07) is 20.9. The molecule has 0 radical (unpaired) electrons. The maximum atomic E-state index is 12.3. The van der Waals surface area contributed by atoms with E-state index in [0.717, 1.165) is 22.1 Å². The normalized spacial score (nSPS) is 13.2. The Balaban J connectivity index is 1.80. The summed E-state index contributed by atoms with van der Waals surface area (Å²) in [4.78, 5) is 13.1. The van der Waals surface area contributed by atoms with Crippen LogP contribution in [0.5, 0.6) is 0 Å². The third-order valence-electron chi connectivity index (χ3n) is 5.84. The SMILES string of the molecule is Cc1ccc(C(O)(c2ccc3nc(Cl)nc(-c4cccc(Cl)c4)c3c2)c2cncn2C)cc1. The van der Waals surface area contributed by atoms with E-state index in [4.69, 9.17) is 23.2 Å². The fourth-order valence-corrected chi connectivity index (χ4v) is 4.51. The highest BCUT2D eigenvalue weighted by Gasteiger charge is 2.37. The summed E-state index contributed by atoms with van der Waals surface area (Å²) in [6.45, 7) is 2.02. The van der Waals surface area contributed by atoms with Crippen LogP contribution in [0.15, 0.2) is 79.3 Å². The van der Waals surface area contributed by atoms with Crippen molar-refractivity contribution in [3.8, 4) is 11.3 Å². The van der Waals surface area contributed by atoms with Gasteiger partial charge in [-0.25, -0.2) is 15.0 Å². The second kappa shape index (κ2) is 8.27. The fourth-order valence-electron chi connectivity index (χ4n) is 4.14. The number of hydrogen-bond donors (Lipinski definition) is 1. The minimum atomic E-state index is -1.45. The second-order valence-corrected chi connectivity index (χ2v) is 8.82. The van der Waals surface area contributed by atoms with Crippen LogP contribution >= 0.6 is 23.2 Å². The molecule has 0 aliphatic rings. The largest absolute Gasteiger partial charge is 0.374 e. The number of halogens is 2. The maximum absolute atomic E-state index is 12.3. The molecule has 0 amide bonds. The highest BCUT2D eigenvalue weighted by molar-refractivity contribution is 6.31. The Morgan fingerprint density at radius 2 is 1.67 bits per heavy atom. The van der Waals surface area contributed by atoms with E-state index < -0.39 is 5.60 Å². The van der Waals surface area contributed by atoms with Gasteiger partial charge in [0.25, 0.3) is 0 Å². The smallest absolute Gasteiger partial charge is 0.223 e. The van der Waals surface area contributed by atoms with Crippen molar-refractivity contribution in [3.63, 3.8) is 0 Å². The molecular weight excluding hydrogens is 455 g/mol. The molecule has 3 aromatic carbocycles. The summed E-state index contributed by atoms with van der Waals surface area (Å²) in [5.41, 5.74) is 3.83. The maximum Gasteiger partial charge on any atom is 0.223 e. The van der Waals surface area contributed by atoms with Gasteiger partial charge in [0.05, 0.1) is 29.4 Å². The van der Waals surface area contributed by atoms with Gasteiger partial charge in [-0.3, -0.25) is 0 Å². The zero-order valence-electron chi connectivity index (χ0n) is 18.0. The van der Waals surface area contributed by atoms with Gasteiger partial charge in [-0.1, -0.05) is 59.6 Å². The predicted molar refractivity (Wildman–Crippen MR) is 131 cm³/mol. The van der Waals surface area contributed by atoms with Crippen molar-refractivity contribution < 1.29 is 5.11 Å². The first-order chi connectivity index (χ1) is 15.9. The number of hydrogen-bond acceptors (Lipinski definition) is 4. The quantitative estimate of drug-likeness (QED) is 0.328. The molecule has 0 saturated carbocycles. The number of aryl methyl sites for hydroxylation is 2. The average molecular weight is 475 g/mol. The molecule has 164 valence electrons. The zero-order chi connectivity index (χ0) is 23.2. The Bertz CT molecular complexity index is 1480. The number of rotatable bonds is 4. The lowest BCUT2D eigenvalue weighted by molar-refractivity contribution is 0.117. The van der Waals surface area contributed by atoms with Crippen LogP contribution in [0, 0.1) is 6.92 Å². The molecule has 0 aliphatic carbocycles. The lowest BCUT2D eigenvalue weighted by Gasteiger charge is -2.30. The van der Waals surface area contributed by atoms with Crippen molar-refractivity contribution in [3.05, 3.63) is 112 Å². The minimum absolute atomic E-state index is 0.144. The van der Waals surface area contributed by atoms with Gasteiger partial charge in [-0.2, -0.15) is 0 Å². The van der Waals surface area contributed by atoms with Crippen LogP contribution in [0.2, 0.25) is 10.3 Å². The Labute approximate surface area is 201 Å². The van der Waals surface area contributed by atoms with Crippen molar-refractivity contribution in [2.45, 2.75) is 12.5 Å². The number of aromatic nitrogens is 4. The standard InChI is InChI=1S/C26H20Cl2N4O/c1-16-6-8-18(9-7-16)26(33,23-14-29-15-32(23)2)19-10-11-22-21(13-19)24(31-25(28)30-22)17-4-3-5-20(27)12-17/h3-15,33H,1-2H3. The number of nitrogens with zero attached hydrogens (tertiary/aromatic N) is 4. The molecule has 0 spiro atoms. The Hall–Kier alpha value is -3.25. The van der Waals surface area contributed by atoms with Crippen LogP contribution in [0.25, 0.3) is 22.2 Å². The molecule has 0 saturated heterocycles. The van der Waals surface area contributed by atoms with Gasteiger partial charge in [0, 0.05) is 23.0 Å². The third-order valence-corrected chi connectivity index (χ3v) is 6.25. The van der Waals surface area contributed by atoms with Gasteiger partial charge in [-0.15, -0.1) is 0 Å². The summed E-state index contributed by atoms with van der Waals surface area (Å²) in [7, 11) is 1.86. The van der Waals surface area contributed by atoms with Crippen molar-refractivity contribution in [2.75, 3.05) is 0 Å². The lowest BCUT2D eigenvalue weighted by atomic mass is 9.82. The van der Waals surface area contributed by atoms with Gasteiger partial charge in [-0.05, 0) is 53.9 Å². The lowest BCUT2D eigenvalue weighted by Crippen LogP contribution is -2.31. The van der Waals surface area contributed by atoms with Crippen molar-refractivity contribution in [2.24, 2.45) is 7.05 Å². The highest BCUT2D eigenvalue weighted by atomic mass is 35.5. The molecular formula is C26H20Cl2N4O. The molecule has 7 heteroatoms. The predicted octanol–water partition coefficient (Wildman–Crippen LogP) is 5.93. The van der Waals surface area contributed by atoms with Gasteiger partial charge >= 0.3 is 0 Å². The summed E-state index contributed by atoms with van der Waals surface area (Å²) >= 11 is 12.5. The van der Waals surface area contributed by atoms with E-state index in [-0.39, 0.29) is 5.28 Å². The molecule has 33 heavy (non-hydrogen) atoms. The number of imidazole rings is 1. The van der Waals surface area contributed by atoms with Crippen LogP contribution in [0.4, 0.5) is 0 Å². The average Bonchev–Trinajstić information content (AvgIpc) is 3.24. The minimum Gasteiger partial charge on any atom is -0.374 e. The molecule has 1 N–H and O–H groups in total. The van der Waals surface area contributed by atoms with E-state index in [0.29, 0.717) is 27.5 Å². The van der Waals surface area contributed by atoms with Gasteiger partial charge in [0.2, 0.25) is 5.28 Å². The zero-order valence-corrected chi connectivity index (χ0v) is 19.5. The topological polar surface area (TPSA) is 63.8 Å². The summed E-state index contributed by atoms with van der Waals surface area (Å²) in [5.74, 6) is 0. The van der Waals surface area contributed by atoms with Crippen LogP contribution < -0.4 is 0 Å². The molecule has 0 aliphatic heterocycles. The van der Waals surface area contributed by atoms with Crippen molar-refractivity contribution >= 4 is 34.1 Å². The molecule has 5 aromatic rings.